The van der Waals surface area contributed by atoms with E-state index in [1.165, 1.54) is 0 Å². The van der Waals surface area contributed by atoms with E-state index >= 15 is 0 Å². The fourth-order valence-electron chi connectivity index (χ4n) is 6.22. The maximum Gasteiger partial charge on any atom is 0.410 e. The minimum absolute atomic E-state index is 0.0847. The normalized spacial score (nSPS) is 13.9. The van der Waals surface area contributed by atoms with E-state index in [0.29, 0.717) is 114 Å². The monoisotopic (exact) mass is 900 g/mol. The van der Waals surface area contributed by atoms with Gasteiger partial charge in [-0.2, -0.15) is 0 Å². The van der Waals surface area contributed by atoms with Crippen molar-refractivity contribution in [1.29, 1.82) is 0 Å². The molecule has 0 atom stereocenters. The number of piperazine rings is 2. The van der Waals surface area contributed by atoms with Crippen LogP contribution in [-0.2, 0) is 27.2 Å². The van der Waals surface area contributed by atoms with Gasteiger partial charge in [-0.3, -0.25) is 19.2 Å². The highest BCUT2D eigenvalue weighted by atomic mass is 35.5. The summed E-state index contributed by atoms with van der Waals surface area (Å²) in [7, 11) is 0. The number of carbonyl (C=O) groups excluding carboxylic acids is 4. The molecule has 2 amide bonds. The maximum atomic E-state index is 12.5. The molecule has 0 unspecified atom stereocenters. The van der Waals surface area contributed by atoms with Gasteiger partial charge in [-0.25, -0.2) is 14.8 Å². The van der Waals surface area contributed by atoms with Crippen molar-refractivity contribution in [2.45, 2.75) is 52.1 Å². The number of aromatic nitrogens is 2. The van der Waals surface area contributed by atoms with Crippen LogP contribution in [0.2, 0.25) is 20.1 Å². The molecule has 4 aromatic rings. The molecule has 0 saturated carbocycles. The fraction of sp³-hybridized carbons (Fsp3) is 0.372. The van der Waals surface area contributed by atoms with E-state index in [-0.39, 0.29) is 18.4 Å². The van der Waals surface area contributed by atoms with Gasteiger partial charge in [0, 0.05) is 97.7 Å². The lowest BCUT2D eigenvalue weighted by atomic mass is 10.1. The molecule has 17 heteroatoms. The molecule has 2 aromatic carbocycles. The lowest BCUT2D eigenvalue weighted by Gasteiger charge is -2.36. The van der Waals surface area contributed by atoms with Crippen molar-refractivity contribution in [3.05, 3.63) is 115 Å². The number of benzene rings is 2. The largest absolute Gasteiger partial charge is 0.481 e. The van der Waals surface area contributed by atoms with Crippen molar-refractivity contribution in [2.24, 2.45) is 0 Å². The quantitative estimate of drug-likeness (QED) is 0.153. The van der Waals surface area contributed by atoms with Gasteiger partial charge >= 0.3 is 12.1 Å². The molecule has 320 valence electrons. The second kappa shape index (κ2) is 23.2. The number of anilines is 2. The molecule has 0 bridgehead atoms. The van der Waals surface area contributed by atoms with Crippen molar-refractivity contribution in [3.8, 4) is 0 Å². The Morgan fingerprint density at radius 2 is 1.10 bits per heavy atom. The molecular formula is C43H48Cl4N6O7. The number of carboxylic acid groups (broad SMARTS) is 1. The van der Waals surface area contributed by atoms with Gasteiger partial charge in [0.05, 0.1) is 11.1 Å². The van der Waals surface area contributed by atoms with Crippen molar-refractivity contribution < 1.29 is 33.8 Å². The van der Waals surface area contributed by atoms with Crippen LogP contribution in [0.5, 0.6) is 0 Å². The number of ether oxygens (including phenoxy) is 1. The van der Waals surface area contributed by atoms with Crippen LogP contribution in [0.3, 0.4) is 0 Å². The third-order valence-electron chi connectivity index (χ3n) is 9.30. The minimum atomic E-state index is -0.828. The Morgan fingerprint density at radius 1 is 0.667 bits per heavy atom. The van der Waals surface area contributed by atoms with E-state index in [1.54, 1.807) is 71.9 Å². The summed E-state index contributed by atoms with van der Waals surface area (Å²) < 4.78 is 5.36. The van der Waals surface area contributed by atoms with Crippen LogP contribution >= 0.6 is 46.4 Å². The Hall–Kier alpha value is -4.95. The molecule has 4 heterocycles. The number of amides is 2. The summed E-state index contributed by atoms with van der Waals surface area (Å²) in [6, 6.07) is 17.4. The van der Waals surface area contributed by atoms with Crippen LogP contribution in [0, 0.1) is 0 Å². The van der Waals surface area contributed by atoms with Crippen LogP contribution in [0.15, 0.2) is 73.1 Å². The molecule has 2 saturated heterocycles. The summed E-state index contributed by atoms with van der Waals surface area (Å²) >= 11 is 23.6. The molecule has 0 spiro atoms. The number of halogens is 4. The van der Waals surface area contributed by atoms with Gasteiger partial charge in [-0.15, -0.1) is 0 Å². The van der Waals surface area contributed by atoms with Crippen molar-refractivity contribution in [2.75, 3.05) is 62.2 Å². The summed E-state index contributed by atoms with van der Waals surface area (Å²) in [6.45, 7) is 10.5. The van der Waals surface area contributed by atoms with Crippen molar-refractivity contribution in [1.82, 2.24) is 19.8 Å². The predicted molar refractivity (Wildman–Crippen MR) is 235 cm³/mol. The second-order valence-corrected chi connectivity index (χ2v) is 16.4. The average molecular weight is 903 g/mol. The van der Waals surface area contributed by atoms with E-state index in [4.69, 9.17) is 56.2 Å². The van der Waals surface area contributed by atoms with Gasteiger partial charge in [0.2, 0.25) is 5.91 Å². The molecule has 2 aromatic heterocycles. The summed E-state index contributed by atoms with van der Waals surface area (Å²) in [6.07, 6.45) is 6.19. The SMILES string of the molecule is CC(C)(C)OC(=O)N1CCN(c2ncccc2C=O)CC1.O=C(O)CCc1ccc(Cl)cc1Cl.O=Cc1cccnc1N1CCN(C(=O)CCc2ccc(Cl)cc2Cl)CC1. The number of carbonyl (C=O) groups is 5. The lowest BCUT2D eigenvalue weighted by molar-refractivity contribution is -0.137. The first kappa shape index (κ1) is 47.7. The zero-order valence-electron chi connectivity index (χ0n) is 33.7. The minimum Gasteiger partial charge on any atom is -0.481 e. The first-order valence-electron chi connectivity index (χ1n) is 19.2. The third kappa shape index (κ3) is 14.9. The van der Waals surface area contributed by atoms with E-state index in [0.717, 1.165) is 23.7 Å². The van der Waals surface area contributed by atoms with Gasteiger partial charge in [-0.1, -0.05) is 58.5 Å². The van der Waals surface area contributed by atoms with Crippen LogP contribution < -0.4 is 9.80 Å². The van der Waals surface area contributed by atoms with E-state index in [9.17, 15) is 24.0 Å². The van der Waals surface area contributed by atoms with Crippen LogP contribution in [-0.4, -0.2) is 113 Å². The molecule has 60 heavy (non-hydrogen) atoms. The standard InChI is InChI=1S/C19H19Cl2N3O2.C15H21N3O3.C9H8Cl2O2/c20-16-5-3-14(17(21)12-16)4-6-18(26)23-8-10-24(11-9-23)19-15(13-25)2-1-7-22-19;1-15(2,3)21-14(20)18-9-7-17(8-10-18)13-12(11-19)5-4-6-16-13;10-7-3-1-6(8(11)5-7)2-4-9(12)13/h1-3,5,7,12-13H,4,6,8-11H2;4-6,11H,7-10H2,1-3H3;1,3,5H,2,4H2,(H,12,13). The van der Waals surface area contributed by atoms with Gasteiger partial charge in [-0.05, 0) is 93.3 Å². The average Bonchev–Trinajstić information content (AvgIpc) is 3.23. The number of aryl methyl sites for hydroxylation is 2. The van der Waals surface area contributed by atoms with Crippen LogP contribution in [0.4, 0.5) is 16.4 Å². The Bertz CT molecular complexity index is 2100. The second-order valence-electron chi connectivity index (χ2n) is 14.8. The number of aliphatic carboxylic acids is 1. The highest BCUT2D eigenvalue weighted by molar-refractivity contribution is 6.35. The number of pyridine rings is 2. The van der Waals surface area contributed by atoms with E-state index in [2.05, 4.69) is 9.97 Å². The Morgan fingerprint density at radius 3 is 1.50 bits per heavy atom. The molecule has 1 N–H and O–H groups in total. The van der Waals surface area contributed by atoms with Gasteiger partial charge < -0.3 is 29.4 Å². The Balaban J connectivity index is 0.000000210. The van der Waals surface area contributed by atoms with Gasteiger partial charge in [0.25, 0.3) is 0 Å². The third-order valence-corrected chi connectivity index (χ3v) is 10.5. The van der Waals surface area contributed by atoms with Crippen LogP contribution in [0.1, 0.15) is 65.5 Å². The van der Waals surface area contributed by atoms with Crippen LogP contribution in [0.25, 0.3) is 0 Å². The summed E-state index contributed by atoms with van der Waals surface area (Å²) in [4.78, 5) is 73.1. The molecule has 13 nitrogen and oxygen atoms in total. The number of aldehydes is 2. The smallest absolute Gasteiger partial charge is 0.410 e. The topological polar surface area (TPSA) is 154 Å². The molecular weight excluding hydrogens is 854 g/mol. The highest BCUT2D eigenvalue weighted by Crippen LogP contribution is 2.24. The molecule has 6 rings (SSSR count). The summed E-state index contributed by atoms with van der Waals surface area (Å²) in [5.41, 5.74) is 2.40. The van der Waals surface area contributed by atoms with Gasteiger partial charge in [0.1, 0.15) is 17.2 Å². The molecule has 0 aliphatic carbocycles. The number of nitrogens with zero attached hydrogens (tertiary/aromatic N) is 6. The number of carboxylic acids is 1. The summed E-state index contributed by atoms with van der Waals surface area (Å²) in [5, 5.41) is 10.7. The first-order valence-corrected chi connectivity index (χ1v) is 20.7. The van der Waals surface area contributed by atoms with Gasteiger partial charge in [0.15, 0.2) is 12.6 Å². The zero-order chi connectivity index (χ0) is 43.8. The fourth-order valence-corrected chi connectivity index (χ4v) is 7.22. The zero-order valence-corrected chi connectivity index (χ0v) is 36.7. The molecule has 0 radical (unpaired) electrons. The first-order chi connectivity index (χ1) is 28.6. The highest BCUT2D eigenvalue weighted by Gasteiger charge is 2.27. The maximum absolute atomic E-state index is 12.5. The van der Waals surface area contributed by atoms with Crippen molar-refractivity contribution in [3.63, 3.8) is 0 Å². The predicted octanol–water partition coefficient (Wildman–Crippen LogP) is 8.44. The Labute approximate surface area is 370 Å². The summed E-state index contributed by atoms with van der Waals surface area (Å²) in [5.74, 6) is 0.636. The molecule has 2 aliphatic rings. The van der Waals surface area contributed by atoms with E-state index < -0.39 is 11.6 Å². The molecule has 2 aliphatic heterocycles. The molecule has 2 fully saturated rings. The van der Waals surface area contributed by atoms with E-state index in [1.807, 2.05) is 41.5 Å². The number of rotatable bonds is 10. The number of hydrogen-bond acceptors (Lipinski definition) is 10. The Kier molecular flexibility index (Phi) is 18.4. The lowest BCUT2D eigenvalue weighted by Crippen LogP contribution is -2.50. The van der Waals surface area contributed by atoms with Crippen molar-refractivity contribution >= 4 is 88.6 Å². The number of hydrogen-bond donors (Lipinski definition) is 1.